The van der Waals surface area contributed by atoms with Crippen LogP contribution in [0.15, 0.2) is 18.2 Å². The minimum Gasteiger partial charge on any atom is -0.392 e. The van der Waals surface area contributed by atoms with Crippen LogP contribution >= 0.6 is 23.2 Å². The highest BCUT2D eigenvalue weighted by molar-refractivity contribution is 6.43. The summed E-state index contributed by atoms with van der Waals surface area (Å²) in [6.45, 7) is 4.96. The van der Waals surface area contributed by atoms with Crippen LogP contribution in [0.3, 0.4) is 0 Å². The van der Waals surface area contributed by atoms with E-state index < -0.39 is 6.10 Å². The van der Waals surface area contributed by atoms with Gasteiger partial charge in [0.1, 0.15) is 0 Å². The van der Waals surface area contributed by atoms with Crippen molar-refractivity contribution < 1.29 is 5.11 Å². The van der Waals surface area contributed by atoms with Crippen LogP contribution in [0.1, 0.15) is 6.42 Å². The van der Waals surface area contributed by atoms with Gasteiger partial charge in [0.05, 0.1) is 21.8 Å². The van der Waals surface area contributed by atoms with Crippen LogP contribution in [-0.4, -0.2) is 55.4 Å². The third kappa shape index (κ3) is 3.99. The maximum absolute atomic E-state index is 9.49. The molecule has 0 spiro atoms. The minimum atomic E-state index is -0.393. The lowest BCUT2D eigenvalue weighted by Gasteiger charge is -2.36. The van der Waals surface area contributed by atoms with E-state index in [0.717, 1.165) is 44.8 Å². The van der Waals surface area contributed by atoms with Gasteiger partial charge in [-0.25, -0.2) is 0 Å². The second-order valence-electron chi connectivity index (χ2n) is 5.08. The SMILES string of the molecule is NCC(O)CCN1CCN(c2cccc(Cl)c2Cl)CC1. The number of nitrogens with two attached hydrogens (primary N) is 1. The maximum atomic E-state index is 9.49. The number of nitrogens with zero attached hydrogens (tertiary/aromatic N) is 2. The Morgan fingerprint density at radius 3 is 2.55 bits per heavy atom. The third-order valence-corrected chi connectivity index (χ3v) is 4.50. The summed E-state index contributed by atoms with van der Waals surface area (Å²) >= 11 is 12.3. The Labute approximate surface area is 130 Å². The monoisotopic (exact) mass is 317 g/mol. The second kappa shape index (κ2) is 7.48. The van der Waals surface area contributed by atoms with Crippen molar-refractivity contribution in [2.45, 2.75) is 12.5 Å². The number of halogens is 2. The van der Waals surface area contributed by atoms with Gasteiger partial charge in [-0.1, -0.05) is 29.3 Å². The number of anilines is 1. The van der Waals surface area contributed by atoms with Gasteiger partial charge in [-0.15, -0.1) is 0 Å². The van der Waals surface area contributed by atoms with Gasteiger partial charge in [-0.2, -0.15) is 0 Å². The molecule has 1 aliphatic rings. The molecule has 0 aliphatic carbocycles. The quantitative estimate of drug-likeness (QED) is 0.870. The molecule has 1 saturated heterocycles. The van der Waals surface area contributed by atoms with Crippen molar-refractivity contribution in [1.82, 2.24) is 4.90 Å². The molecule has 1 aliphatic heterocycles. The zero-order valence-corrected chi connectivity index (χ0v) is 12.9. The van der Waals surface area contributed by atoms with E-state index in [1.54, 1.807) is 6.07 Å². The first-order valence-corrected chi connectivity index (χ1v) is 7.67. The molecule has 0 radical (unpaired) electrons. The van der Waals surface area contributed by atoms with Crippen LogP contribution in [0.25, 0.3) is 0 Å². The lowest BCUT2D eigenvalue weighted by molar-refractivity contribution is 0.144. The van der Waals surface area contributed by atoms with Gasteiger partial charge in [0.2, 0.25) is 0 Å². The number of piperazine rings is 1. The largest absolute Gasteiger partial charge is 0.392 e. The van der Waals surface area contributed by atoms with E-state index in [-0.39, 0.29) is 0 Å². The Morgan fingerprint density at radius 1 is 1.20 bits per heavy atom. The van der Waals surface area contributed by atoms with Crippen molar-refractivity contribution in [2.24, 2.45) is 5.73 Å². The predicted octanol–water partition coefficient (Wildman–Crippen LogP) is 1.83. The molecule has 3 N–H and O–H groups in total. The van der Waals surface area contributed by atoms with Crippen molar-refractivity contribution in [1.29, 1.82) is 0 Å². The normalized spacial score (nSPS) is 18.3. The Bertz CT molecular complexity index is 436. The Morgan fingerprint density at radius 2 is 1.90 bits per heavy atom. The molecule has 1 atom stereocenters. The van der Waals surface area contributed by atoms with Crippen molar-refractivity contribution in [3.8, 4) is 0 Å². The molecule has 4 nitrogen and oxygen atoms in total. The summed E-state index contributed by atoms with van der Waals surface area (Å²) in [5.41, 5.74) is 6.41. The lowest BCUT2D eigenvalue weighted by Crippen LogP contribution is -2.47. The summed E-state index contributed by atoms with van der Waals surface area (Å²) in [6.07, 6.45) is 0.337. The van der Waals surface area contributed by atoms with Crippen molar-refractivity contribution in [2.75, 3.05) is 44.2 Å². The van der Waals surface area contributed by atoms with E-state index in [2.05, 4.69) is 9.80 Å². The van der Waals surface area contributed by atoms with E-state index in [0.29, 0.717) is 16.6 Å². The van der Waals surface area contributed by atoms with E-state index >= 15 is 0 Å². The van der Waals surface area contributed by atoms with Gasteiger partial charge in [-0.3, -0.25) is 4.90 Å². The van der Waals surface area contributed by atoms with E-state index in [9.17, 15) is 5.11 Å². The van der Waals surface area contributed by atoms with Gasteiger partial charge in [0, 0.05) is 39.3 Å². The van der Waals surface area contributed by atoms with E-state index in [4.69, 9.17) is 28.9 Å². The average Bonchev–Trinajstić information content (AvgIpc) is 2.48. The van der Waals surface area contributed by atoms with Crippen LogP contribution < -0.4 is 10.6 Å². The summed E-state index contributed by atoms with van der Waals surface area (Å²) in [6, 6.07) is 5.73. The van der Waals surface area contributed by atoms with Gasteiger partial charge < -0.3 is 15.7 Å². The number of rotatable bonds is 5. The Balaban J connectivity index is 1.86. The first-order chi connectivity index (χ1) is 9.61. The average molecular weight is 318 g/mol. The molecule has 112 valence electrons. The number of benzene rings is 1. The standard InChI is InChI=1S/C14H21Cl2N3O/c15-12-2-1-3-13(14(12)16)19-8-6-18(7-9-19)5-4-11(20)10-17/h1-3,11,20H,4-10,17H2. The van der Waals surface area contributed by atoms with Crippen molar-refractivity contribution in [3.63, 3.8) is 0 Å². The fourth-order valence-electron chi connectivity index (χ4n) is 2.40. The molecule has 20 heavy (non-hydrogen) atoms. The summed E-state index contributed by atoms with van der Waals surface area (Å²) in [5.74, 6) is 0. The van der Waals surface area contributed by atoms with E-state index in [1.807, 2.05) is 12.1 Å². The van der Waals surface area contributed by atoms with Crippen LogP contribution in [-0.2, 0) is 0 Å². The highest BCUT2D eigenvalue weighted by Gasteiger charge is 2.19. The van der Waals surface area contributed by atoms with Crippen LogP contribution in [0.5, 0.6) is 0 Å². The summed E-state index contributed by atoms with van der Waals surface area (Å²) in [5, 5.41) is 10.7. The van der Waals surface area contributed by atoms with Crippen LogP contribution in [0.4, 0.5) is 5.69 Å². The number of aliphatic hydroxyl groups is 1. The van der Waals surface area contributed by atoms with Gasteiger partial charge >= 0.3 is 0 Å². The first kappa shape index (κ1) is 15.9. The topological polar surface area (TPSA) is 52.7 Å². The molecule has 1 aromatic rings. The number of hydrogen-bond acceptors (Lipinski definition) is 4. The van der Waals surface area contributed by atoms with Crippen molar-refractivity contribution >= 4 is 28.9 Å². The minimum absolute atomic E-state index is 0.331. The van der Waals surface area contributed by atoms with Gasteiger partial charge in [0.15, 0.2) is 0 Å². The Hall–Kier alpha value is -0.520. The molecule has 2 rings (SSSR count). The molecular weight excluding hydrogens is 297 g/mol. The number of hydrogen-bond donors (Lipinski definition) is 2. The van der Waals surface area contributed by atoms with Crippen LogP contribution in [0, 0.1) is 0 Å². The highest BCUT2D eigenvalue weighted by atomic mass is 35.5. The van der Waals surface area contributed by atoms with Crippen molar-refractivity contribution in [3.05, 3.63) is 28.2 Å². The summed E-state index contributed by atoms with van der Waals surface area (Å²) in [4.78, 5) is 4.60. The Kier molecular flexibility index (Phi) is 5.93. The summed E-state index contributed by atoms with van der Waals surface area (Å²) < 4.78 is 0. The molecule has 1 aromatic carbocycles. The highest BCUT2D eigenvalue weighted by Crippen LogP contribution is 2.32. The molecule has 0 saturated carbocycles. The predicted molar refractivity (Wildman–Crippen MR) is 84.8 cm³/mol. The first-order valence-electron chi connectivity index (χ1n) is 6.91. The molecule has 1 unspecified atom stereocenters. The molecule has 6 heteroatoms. The van der Waals surface area contributed by atoms with Gasteiger partial charge in [-0.05, 0) is 18.6 Å². The van der Waals surface area contributed by atoms with E-state index in [1.165, 1.54) is 0 Å². The fraction of sp³-hybridized carbons (Fsp3) is 0.571. The molecule has 1 heterocycles. The molecule has 1 fully saturated rings. The third-order valence-electron chi connectivity index (χ3n) is 3.69. The lowest BCUT2D eigenvalue weighted by atomic mass is 10.2. The van der Waals surface area contributed by atoms with Crippen LogP contribution in [0.2, 0.25) is 10.0 Å². The second-order valence-corrected chi connectivity index (χ2v) is 5.86. The molecule has 0 aromatic heterocycles. The zero-order chi connectivity index (χ0) is 14.5. The maximum Gasteiger partial charge on any atom is 0.0825 e. The smallest absolute Gasteiger partial charge is 0.0825 e. The summed E-state index contributed by atoms with van der Waals surface area (Å²) in [7, 11) is 0. The van der Waals surface area contributed by atoms with Gasteiger partial charge in [0.25, 0.3) is 0 Å². The number of aliphatic hydroxyl groups excluding tert-OH is 1. The fourth-order valence-corrected chi connectivity index (χ4v) is 2.81. The molecule has 0 bridgehead atoms. The molecular formula is C14H21Cl2N3O. The molecule has 0 amide bonds. The zero-order valence-electron chi connectivity index (χ0n) is 11.4.